The molecule has 0 spiro atoms. The summed E-state index contributed by atoms with van der Waals surface area (Å²) in [6.45, 7) is 2.02. The molecule has 3 heteroatoms. The highest BCUT2D eigenvalue weighted by atomic mass is 16.5. The van der Waals surface area contributed by atoms with Gasteiger partial charge in [-0.1, -0.05) is 0 Å². The van der Waals surface area contributed by atoms with Crippen LogP contribution in [-0.2, 0) is 0 Å². The zero-order valence-electron chi connectivity index (χ0n) is 9.07. The Balaban J connectivity index is 2.76. The van der Waals surface area contributed by atoms with Crippen molar-refractivity contribution in [3.8, 4) is 11.6 Å². The van der Waals surface area contributed by atoms with E-state index in [1.54, 1.807) is 20.4 Å². The minimum Gasteiger partial charge on any atom is -0.496 e. The molecule has 0 unspecified atom stereocenters. The predicted octanol–water partition coefficient (Wildman–Crippen LogP) is 2.56. The lowest BCUT2D eigenvalue weighted by Crippen LogP contribution is -1.91. The van der Waals surface area contributed by atoms with Crippen molar-refractivity contribution in [1.29, 1.82) is 0 Å². The van der Waals surface area contributed by atoms with E-state index >= 15 is 0 Å². The second-order valence-corrected chi connectivity index (χ2v) is 3.36. The smallest absolute Gasteiger partial charge is 0.221 e. The Hall–Kier alpha value is -1.77. The lowest BCUT2D eigenvalue weighted by Gasteiger charge is -2.08. The van der Waals surface area contributed by atoms with Crippen LogP contribution in [0.4, 0.5) is 0 Å². The molecule has 3 nitrogen and oxygen atoms in total. The molecule has 0 fully saturated rings. The lowest BCUT2D eigenvalue weighted by molar-refractivity contribution is 0.401. The molecule has 0 aliphatic rings. The van der Waals surface area contributed by atoms with Gasteiger partial charge in [-0.15, -0.1) is 0 Å². The summed E-state index contributed by atoms with van der Waals surface area (Å²) in [7, 11) is 3.28. The zero-order valence-corrected chi connectivity index (χ0v) is 9.07. The highest BCUT2D eigenvalue weighted by Gasteiger charge is 2.06. The molecule has 0 bridgehead atoms. The van der Waals surface area contributed by atoms with Crippen molar-refractivity contribution in [3.05, 3.63) is 30.0 Å². The van der Waals surface area contributed by atoms with Gasteiger partial charge in [0.25, 0.3) is 0 Å². The molecule has 0 aliphatic carbocycles. The summed E-state index contributed by atoms with van der Waals surface area (Å²) in [5.41, 5.74) is 1.11. The fourth-order valence-electron chi connectivity index (χ4n) is 1.67. The molecule has 2 aromatic rings. The molecule has 0 saturated heterocycles. The Morgan fingerprint density at radius 1 is 1.13 bits per heavy atom. The average Bonchev–Trinajstić information content (AvgIpc) is 2.27. The first kappa shape index (κ1) is 9.77. The van der Waals surface area contributed by atoms with Crippen LogP contribution in [0.15, 0.2) is 24.4 Å². The van der Waals surface area contributed by atoms with Crippen LogP contribution in [-0.4, -0.2) is 19.2 Å². The number of fused-ring (bicyclic) bond motifs is 1. The third kappa shape index (κ3) is 1.61. The molecule has 2 rings (SSSR count). The van der Waals surface area contributed by atoms with Crippen LogP contribution in [0.1, 0.15) is 5.56 Å². The van der Waals surface area contributed by atoms with E-state index in [0.717, 1.165) is 22.1 Å². The number of ether oxygens (including phenoxy) is 2. The van der Waals surface area contributed by atoms with Gasteiger partial charge < -0.3 is 9.47 Å². The summed E-state index contributed by atoms with van der Waals surface area (Å²) in [5, 5.41) is 2.09. The molecule has 0 amide bonds. The van der Waals surface area contributed by atoms with Crippen molar-refractivity contribution in [2.45, 2.75) is 6.92 Å². The largest absolute Gasteiger partial charge is 0.496 e. The monoisotopic (exact) mass is 203 g/mol. The molecule has 0 aliphatic heterocycles. The second-order valence-electron chi connectivity index (χ2n) is 3.36. The van der Waals surface area contributed by atoms with Crippen LogP contribution in [0.2, 0.25) is 0 Å². The third-order valence-corrected chi connectivity index (χ3v) is 2.44. The summed E-state index contributed by atoms with van der Waals surface area (Å²) in [6, 6.07) is 5.99. The standard InChI is InChI=1S/C12H13NO2/c1-8-6-9-4-5-13-12(15-3)10(9)7-11(8)14-2/h4-7H,1-3H3. The van der Waals surface area contributed by atoms with Gasteiger partial charge >= 0.3 is 0 Å². The van der Waals surface area contributed by atoms with Gasteiger partial charge in [0.1, 0.15) is 5.75 Å². The molecule has 15 heavy (non-hydrogen) atoms. The molecule has 1 aromatic heterocycles. The highest BCUT2D eigenvalue weighted by molar-refractivity contribution is 5.88. The van der Waals surface area contributed by atoms with Crippen molar-refractivity contribution in [3.63, 3.8) is 0 Å². The Bertz CT molecular complexity index is 494. The van der Waals surface area contributed by atoms with Crippen molar-refractivity contribution < 1.29 is 9.47 Å². The predicted molar refractivity (Wildman–Crippen MR) is 59.6 cm³/mol. The first-order chi connectivity index (χ1) is 7.26. The number of aryl methyl sites for hydroxylation is 1. The SMILES string of the molecule is COc1cc2c(OC)nccc2cc1C. The molecule has 78 valence electrons. The normalized spacial score (nSPS) is 10.3. The van der Waals surface area contributed by atoms with Crippen LogP contribution in [0.3, 0.4) is 0 Å². The number of hydrogen-bond acceptors (Lipinski definition) is 3. The number of pyridine rings is 1. The van der Waals surface area contributed by atoms with Gasteiger partial charge in [-0.05, 0) is 36.1 Å². The molecular formula is C12H13NO2. The number of methoxy groups -OCH3 is 2. The maximum Gasteiger partial charge on any atom is 0.221 e. The minimum absolute atomic E-state index is 0.630. The number of benzene rings is 1. The van der Waals surface area contributed by atoms with Gasteiger partial charge in [0.05, 0.1) is 14.2 Å². The second kappa shape index (κ2) is 3.77. The Morgan fingerprint density at radius 2 is 1.93 bits per heavy atom. The van der Waals surface area contributed by atoms with Gasteiger partial charge in [-0.3, -0.25) is 0 Å². The molecule has 1 heterocycles. The quantitative estimate of drug-likeness (QED) is 0.751. The number of hydrogen-bond donors (Lipinski definition) is 0. The van der Waals surface area contributed by atoms with Crippen molar-refractivity contribution in [2.75, 3.05) is 14.2 Å². The Labute approximate surface area is 88.7 Å². The van der Waals surface area contributed by atoms with Crippen LogP contribution in [0, 0.1) is 6.92 Å². The maximum absolute atomic E-state index is 5.27. The van der Waals surface area contributed by atoms with E-state index in [4.69, 9.17) is 9.47 Å². The Morgan fingerprint density at radius 3 is 2.60 bits per heavy atom. The van der Waals surface area contributed by atoms with E-state index in [0.29, 0.717) is 5.88 Å². The molecule has 0 saturated carbocycles. The van der Waals surface area contributed by atoms with Gasteiger partial charge in [-0.25, -0.2) is 4.98 Å². The van der Waals surface area contributed by atoms with E-state index in [9.17, 15) is 0 Å². The van der Waals surface area contributed by atoms with Crippen molar-refractivity contribution in [1.82, 2.24) is 4.98 Å². The molecule has 0 N–H and O–H groups in total. The third-order valence-electron chi connectivity index (χ3n) is 2.44. The highest BCUT2D eigenvalue weighted by Crippen LogP contribution is 2.29. The van der Waals surface area contributed by atoms with E-state index in [-0.39, 0.29) is 0 Å². The summed E-state index contributed by atoms with van der Waals surface area (Å²) >= 11 is 0. The first-order valence-corrected chi connectivity index (χ1v) is 4.73. The minimum atomic E-state index is 0.630. The summed E-state index contributed by atoms with van der Waals surface area (Å²) in [6.07, 6.45) is 1.74. The van der Waals surface area contributed by atoms with Gasteiger partial charge in [0.15, 0.2) is 0 Å². The van der Waals surface area contributed by atoms with E-state index in [2.05, 4.69) is 11.1 Å². The van der Waals surface area contributed by atoms with Crippen molar-refractivity contribution in [2.24, 2.45) is 0 Å². The zero-order chi connectivity index (χ0) is 10.8. The van der Waals surface area contributed by atoms with Crippen LogP contribution in [0.5, 0.6) is 11.6 Å². The molecule has 0 radical (unpaired) electrons. The van der Waals surface area contributed by atoms with Gasteiger partial charge in [0, 0.05) is 11.6 Å². The van der Waals surface area contributed by atoms with Crippen LogP contribution in [0.25, 0.3) is 10.8 Å². The first-order valence-electron chi connectivity index (χ1n) is 4.73. The number of rotatable bonds is 2. The number of nitrogens with zero attached hydrogens (tertiary/aromatic N) is 1. The molecule has 1 aromatic carbocycles. The maximum atomic E-state index is 5.27. The topological polar surface area (TPSA) is 31.4 Å². The Kier molecular flexibility index (Phi) is 2.46. The lowest BCUT2D eigenvalue weighted by atomic mass is 10.1. The van der Waals surface area contributed by atoms with Gasteiger partial charge in [0.2, 0.25) is 5.88 Å². The van der Waals surface area contributed by atoms with Crippen molar-refractivity contribution >= 4 is 10.8 Å². The van der Waals surface area contributed by atoms with Gasteiger partial charge in [-0.2, -0.15) is 0 Å². The fraction of sp³-hybridized carbons (Fsp3) is 0.250. The fourth-order valence-corrected chi connectivity index (χ4v) is 1.67. The van der Waals surface area contributed by atoms with Crippen LogP contribution >= 0.6 is 0 Å². The molecular weight excluding hydrogens is 190 g/mol. The summed E-state index contributed by atoms with van der Waals surface area (Å²) in [5.74, 6) is 1.49. The van der Waals surface area contributed by atoms with E-state index < -0.39 is 0 Å². The molecule has 0 atom stereocenters. The summed E-state index contributed by atoms with van der Waals surface area (Å²) < 4.78 is 10.5. The van der Waals surface area contributed by atoms with Crippen LogP contribution < -0.4 is 9.47 Å². The summed E-state index contributed by atoms with van der Waals surface area (Å²) in [4.78, 5) is 4.15. The van der Waals surface area contributed by atoms with E-state index in [1.165, 1.54) is 0 Å². The van der Waals surface area contributed by atoms with E-state index in [1.807, 2.05) is 19.1 Å². The number of aromatic nitrogens is 1. The average molecular weight is 203 g/mol.